The number of nitrogens with zero attached hydrogens (tertiary/aromatic N) is 3. The van der Waals surface area contributed by atoms with Crippen LogP contribution in [0.1, 0.15) is 20.9 Å². The number of hydrogen-bond donors (Lipinski definition) is 1. The number of ether oxygens (including phenoxy) is 1. The quantitative estimate of drug-likeness (QED) is 0.670. The summed E-state index contributed by atoms with van der Waals surface area (Å²) in [6.45, 7) is 4.27. The molecule has 7 nitrogen and oxygen atoms in total. The normalized spacial score (nSPS) is 15.0. The van der Waals surface area contributed by atoms with Crippen molar-refractivity contribution in [2.75, 3.05) is 26.3 Å². The van der Waals surface area contributed by atoms with Crippen molar-refractivity contribution in [1.29, 1.82) is 0 Å². The Bertz CT molecular complexity index is 1090. The number of halogens is 1. The molecular formula is C20H21ClN4O3S. The second-order valence-electron chi connectivity index (χ2n) is 6.93. The molecule has 1 aliphatic rings. The van der Waals surface area contributed by atoms with Crippen molar-refractivity contribution in [3.05, 3.63) is 61.7 Å². The molecular weight excluding hydrogens is 412 g/mol. The largest absolute Gasteiger partial charge is 0.379 e. The lowest BCUT2D eigenvalue weighted by molar-refractivity contribution is 0.0346. The maximum Gasteiger partial charge on any atom is 0.276 e. The number of carbonyl (C=O) groups is 1. The number of rotatable bonds is 5. The fourth-order valence-electron chi connectivity index (χ4n) is 3.28. The van der Waals surface area contributed by atoms with E-state index >= 15 is 0 Å². The Balaban J connectivity index is 1.54. The number of fused-ring (bicyclic) bond motifs is 1. The molecule has 152 valence electrons. The first-order valence-electron chi connectivity index (χ1n) is 9.34. The molecule has 1 aromatic carbocycles. The molecule has 0 spiro atoms. The fraction of sp³-hybridized carbons (Fsp3) is 0.350. The minimum Gasteiger partial charge on any atom is -0.379 e. The zero-order chi connectivity index (χ0) is 20.4. The molecule has 1 aliphatic heterocycles. The zero-order valence-corrected chi connectivity index (χ0v) is 17.6. The molecule has 2 aromatic heterocycles. The van der Waals surface area contributed by atoms with Gasteiger partial charge in [-0.25, -0.2) is 0 Å². The van der Waals surface area contributed by atoms with Gasteiger partial charge in [-0.05, 0) is 23.8 Å². The molecule has 0 radical (unpaired) electrons. The molecule has 0 atom stereocenters. The average Bonchev–Trinajstić information content (AvgIpc) is 3.15. The summed E-state index contributed by atoms with van der Waals surface area (Å²) in [4.78, 5) is 29.6. The Hall–Kier alpha value is -2.26. The summed E-state index contributed by atoms with van der Waals surface area (Å²) in [5.41, 5.74) is 0.463. The average molecular weight is 433 g/mol. The van der Waals surface area contributed by atoms with Crippen LogP contribution in [-0.4, -0.2) is 46.9 Å². The smallest absolute Gasteiger partial charge is 0.276 e. The molecule has 0 aliphatic carbocycles. The number of morpholine rings is 1. The van der Waals surface area contributed by atoms with E-state index in [1.54, 1.807) is 23.9 Å². The number of carbonyl (C=O) groups excluding carboxylic acids is 1. The number of hydrogen-bond acceptors (Lipinski definition) is 6. The Morgan fingerprint density at radius 1 is 1.28 bits per heavy atom. The highest BCUT2D eigenvalue weighted by molar-refractivity contribution is 7.18. The first-order chi connectivity index (χ1) is 14.0. The third-order valence-electron chi connectivity index (χ3n) is 4.83. The van der Waals surface area contributed by atoms with Crippen molar-refractivity contribution in [2.24, 2.45) is 7.05 Å². The summed E-state index contributed by atoms with van der Waals surface area (Å²) in [6.07, 6.45) is 0. The van der Waals surface area contributed by atoms with Crippen LogP contribution in [0.5, 0.6) is 0 Å². The Morgan fingerprint density at radius 3 is 2.72 bits per heavy atom. The van der Waals surface area contributed by atoms with E-state index in [9.17, 15) is 9.59 Å². The van der Waals surface area contributed by atoms with Gasteiger partial charge in [0, 0.05) is 43.1 Å². The minimum atomic E-state index is -0.483. The van der Waals surface area contributed by atoms with Crippen molar-refractivity contribution in [1.82, 2.24) is 20.0 Å². The third kappa shape index (κ3) is 4.51. The highest BCUT2D eigenvalue weighted by atomic mass is 35.5. The van der Waals surface area contributed by atoms with E-state index in [2.05, 4.69) is 15.3 Å². The summed E-state index contributed by atoms with van der Waals surface area (Å²) in [7, 11) is 1.76. The van der Waals surface area contributed by atoms with Crippen LogP contribution in [0.4, 0.5) is 0 Å². The monoisotopic (exact) mass is 432 g/mol. The summed E-state index contributed by atoms with van der Waals surface area (Å²) in [5, 5.41) is 8.16. The van der Waals surface area contributed by atoms with E-state index in [-0.39, 0.29) is 11.1 Å². The fourth-order valence-corrected chi connectivity index (χ4v) is 4.51. The maximum atomic E-state index is 12.9. The molecule has 4 rings (SSSR count). The first kappa shape index (κ1) is 20.0. The third-order valence-corrected chi connectivity index (χ3v) is 6.27. The highest BCUT2D eigenvalue weighted by Gasteiger charge is 2.19. The van der Waals surface area contributed by atoms with Crippen LogP contribution in [0.2, 0.25) is 5.02 Å². The molecule has 0 saturated carbocycles. The number of aromatic nitrogens is 2. The Kier molecular flexibility index (Phi) is 5.96. The van der Waals surface area contributed by atoms with Gasteiger partial charge in [-0.15, -0.1) is 11.3 Å². The maximum absolute atomic E-state index is 12.9. The van der Waals surface area contributed by atoms with Crippen molar-refractivity contribution in [3.63, 3.8) is 0 Å². The zero-order valence-electron chi connectivity index (χ0n) is 16.0. The van der Waals surface area contributed by atoms with E-state index in [1.807, 2.05) is 18.2 Å². The van der Waals surface area contributed by atoms with Crippen molar-refractivity contribution in [2.45, 2.75) is 13.1 Å². The van der Waals surface area contributed by atoms with Crippen molar-refractivity contribution >= 4 is 39.1 Å². The summed E-state index contributed by atoms with van der Waals surface area (Å²) < 4.78 is 7.00. The van der Waals surface area contributed by atoms with Gasteiger partial charge in [0.25, 0.3) is 5.91 Å². The topological polar surface area (TPSA) is 76.5 Å². The number of aryl methyl sites for hydroxylation is 1. The molecule has 29 heavy (non-hydrogen) atoms. The number of nitrogens with one attached hydrogen (secondary N) is 1. The number of benzene rings is 1. The van der Waals surface area contributed by atoms with Crippen LogP contribution in [-0.2, 0) is 24.9 Å². The standard InChI is InChI=1S/C20H21ClN4O3S/c1-24-20-16(10-15(29-20)12-25-6-8-28-9-7-25)18(26)17(23-24)19(27)22-11-13-2-4-14(21)5-3-13/h2-5,10H,6-9,11-12H2,1H3,(H,22,27). The van der Waals surface area contributed by atoms with Gasteiger partial charge < -0.3 is 10.1 Å². The van der Waals surface area contributed by atoms with Gasteiger partial charge in [-0.1, -0.05) is 23.7 Å². The van der Waals surface area contributed by atoms with E-state index in [0.29, 0.717) is 17.0 Å². The van der Waals surface area contributed by atoms with Gasteiger partial charge in [0.05, 0.1) is 18.6 Å². The van der Waals surface area contributed by atoms with E-state index in [4.69, 9.17) is 16.3 Å². The van der Waals surface area contributed by atoms with E-state index in [1.165, 1.54) is 11.3 Å². The minimum absolute atomic E-state index is 0.0929. The van der Waals surface area contributed by atoms with Gasteiger partial charge in [-0.3, -0.25) is 19.2 Å². The van der Waals surface area contributed by atoms with Gasteiger partial charge in [-0.2, -0.15) is 5.10 Å². The summed E-state index contributed by atoms with van der Waals surface area (Å²) in [6, 6.07) is 9.05. The van der Waals surface area contributed by atoms with Gasteiger partial charge >= 0.3 is 0 Å². The first-order valence-corrected chi connectivity index (χ1v) is 10.5. The van der Waals surface area contributed by atoms with Crippen LogP contribution in [0.15, 0.2) is 35.1 Å². The van der Waals surface area contributed by atoms with Crippen molar-refractivity contribution in [3.8, 4) is 0 Å². The predicted molar refractivity (Wildman–Crippen MR) is 114 cm³/mol. The lowest BCUT2D eigenvalue weighted by Crippen LogP contribution is -2.35. The second kappa shape index (κ2) is 8.62. The summed E-state index contributed by atoms with van der Waals surface area (Å²) >= 11 is 7.42. The molecule has 1 amide bonds. The molecule has 1 N–H and O–H groups in total. The lowest BCUT2D eigenvalue weighted by Gasteiger charge is -2.25. The van der Waals surface area contributed by atoms with Gasteiger partial charge in [0.2, 0.25) is 5.43 Å². The van der Waals surface area contributed by atoms with Crippen LogP contribution < -0.4 is 10.7 Å². The molecule has 9 heteroatoms. The SMILES string of the molecule is Cn1nc(C(=O)NCc2ccc(Cl)cc2)c(=O)c2cc(CN3CCOCC3)sc21. The Morgan fingerprint density at radius 2 is 2.00 bits per heavy atom. The number of amides is 1. The predicted octanol–water partition coefficient (Wildman–Crippen LogP) is 2.41. The van der Waals surface area contributed by atoms with Gasteiger partial charge in [0.1, 0.15) is 4.83 Å². The van der Waals surface area contributed by atoms with E-state index in [0.717, 1.165) is 48.1 Å². The summed E-state index contributed by atoms with van der Waals surface area (Å²) in [5.74, 6) is -0.483. The highest BCUT2D eigenvalue weighted by Crippen LogP contribution is 2.24. The van der Waals surface area contributed by atoms with Crippen molar-refractivity contribution < 1.29 is 9.53 Å². The molecule has 0 unspecified atom stereocenters. The van der Waals surface area contributed by atoms with Gasteiger partial charge in [0.15, 0.2) is 5.69 Å². The van der Waals surface area contributed by atoms with Crippen LogP contribution in [0, 0.1) is 0 Å². The van der Waals surface area contributed by atoms with Crippen LogP contribution in [0.3, 0.4) is 0 Å². The molecule has 1 saturated heterocycles. The van der Waals surface area contributed by atoms with Crippen LogP contribution >= 0.6 is 22.9 Å². The molecule has 3 heterocycles. The molecule has 3 aromatic rings. The second-order valence-corrected chi connectivity index (χ2v) is 8.48. The number of thiophene rings is 1. The Labute approximate surface area is 176 Å². The molecule has 0 bridgehead atoms. The molecule has 1 fully saturated rings. The van der Waals surface area contributed by atoms with Crippen LogP contribution in [0.25, 0.3) is 10.2 Å². The van der Waals surface area contributed by atoms with E-state index < -0.39 is 5.91 Å². The lowest BCUT2D eigenvalue weighted by atomic mass is 10.2.